The molecule has 4 nitrogen and oxygen atoms in total. The lowest BCUT2D eigenvalue weighted by molar-refractivity contribution is 0.485. The second kappa shape index (κ2) is 6.87. The van der Waals surface area contributed by atoms with E-state index in [2.05, 4.69) is 12.2 Å². The summed E-state index contributed by atoms with van der Waals surface area (Å²) in [6, 6.07) is 7.16. The molecule has 102 valence electrons. The second-order valence-electron chi connectivity index (χ2n) is 4.20. The lowest BCUT2D eigenvalue weighted by Gasteiger charge is -2.17. The highest BCUT2D eigenvalue weighted by Gasteiger charge is 2.21. The monoisotopic (exact) mass is 270 g/mol. The molecule has 0 spiro atoms. The van der Waals surface area contributed by atoms with Crippen LogP contribution in [0.4, 0.5) is 0 Å². The molecule has 0 aliphatic heterocycles. The summed E-state index contributed by atoms with van der Waals surface area (Å²) < 4.78 is 26.0. The van der Waals surface area contributed by atoms with Gasteiger partial charge >= 0.3 is 0 Å². The van der Waals surface area contributed by atoms with Gasteiger partial charge in [-0.2, -0.15) is 0 Å². The van der Waals surface area contributed by atoms with E-state index in [0.29, 0.717) is 18.0 Å². The van der Waals surface area contributed by atoms with Crippen molar-refractivity contribution in [1.29, 1.82) is 0 Å². The van der Waals surface area contributed by atoms with Gasteiger partial charge in [0, 0.05) is 20.1 Å². The van der Waals surface area contributed by atoms with Crippen LogP contribution in [-0.2, 0) is 16.6 Å². The van der Waals surface area contributed by atoms with Crippen LogP contribution in [0.15, 0.2) is 29.2 Å². The maximum Gasteiger partial charge on any atom is 0.243 e. The van der Waals surface area contributed by atoms with Gasteiger partial charge in [-0.3, -0.25) is 0 Å². The molecule has 0 amide bonds. The van der Waals surface area contributed by atoms with Crippen LogP contribution in [0.2, 0.25) is 0 Å². The first kappa shape index (κ1) is 15.1. The van der Waals surface area contributed by atoms with Crippen molar-refractivity contribution in [3.63, 3.8) is 0 Å². The Morgan fingerprint density at radius 2 is 1.89 bits per heavy atom. The summed E-state index contributed by atoms with van der Waals surface area (Å²) in [4.78, 5) is 0.401. The Morgan fingerprint density at radius 3 is 2.50 bits per heavy atom. The van der Waals surface area contributed by atoms with E-state index in [4.69, 9.17) is 0 Å². The molecule has 0 aliphatic carbocycles. The Hall–Kier alpha value is -0.910. The molecular weight excluding hydrogens is 248 g/mol. The van der Waals surface area contributed by atoms with E-state index < -0.39 is 10.0 Å². The van der Waals surface area contributed by atoms with Crippen molar-refractivity contribution in [1.82, 2.24) is 9.62 Å². The van der Waals surface area contributed by atoms with Crippen LogP contribution < -0.4 is 5.32 Å². The Labute approximate surface area is 110 Å². The number of hydrogen-bond donors (Lipinski definition) is 1. The van der Waals surface area contributed by atoms with Gasteiger partial charge in [0.2, 0.25) is 10.0 Å². The molecule has 0 heterocycles. The molecular formula is C13H22N2O2S. The predicted octanol–water partition coefficient (Wildman–Crippen LogP) is 1.83. The third-order valence-electron chi connectivity index (χ3n) is 2.85. The van der Waals surface area contributed by atoms with Crippen molar-refractivity contribution in [3.05, 3.63) is 29.8 Å². The largest absolute Gasteiger partial charge is 0.313 e. The molecule has 18 heavy (non-hydrogen) atoms. The first-order valence-electron chi connectivity index (χ1n) is 6.29. The standard InChI is InChI=1S/C13H22N2O2S/c1-4-10-14-11-12-8-6-7-9-13(12)18(16,17)15(3)5-2/h6-9,14H,4-5,10-11H2,1-3H3. The number of hydrogen-bond acceptors (Lipinski definition) is 3. The van der Waals surface area contributed by atoms with E-state index in [0.717, 1.165) is 18.5 Å². The molecule has 0 radical (unpaired) electrons. The Kier molecular flexibility index (Phi) is 5.78. The fraction of sp³-hybridized carbons (Fsp3) is 0.538. The number of rotatable bonds is 7. The zero-order chi connectivity index (χ0) is 13.6. The number of benzene rings is 1. The van der Waals surface area contributed by atoms with Crippen molar-refractivity contribution in [2.75, 3.05) is 20.1 Å². The first-order valence-corrected chi connectivity index (χ1v) is 7.73. The van der Waals surface area contributed by atoms with Crippen molar-refractivity contribution in [2.24, 2.45) is 0 Å². The number of nitrogens with one attached hydrogen (secondary N) is 1. The highest BCUT2D eigenvalue weighted by Crippen LogP contribution is 2.18. The van der Waals surface area contributed by atoms with E-state index in [1.165, 1.54) is 4.31 Å². The summed E-state index contributed by atoms with van der Waals surface area (Å²) in [5.41, 5.74) is 0.825. The molecule has 0 saturated heterocycles. The van der Waals surface area contributed by atoms with Crippen LogP contribution in [0.1, 0.15) is 25.8 Å². The molecule has 1 N–H and O–H groups in total. The average molecular weight is 270 g/mol. The molecule has 1 aromatic rings. The van der Waals surface area contributed by atoms with Crippen molar-refractivity contribution in [3.8, 4) is 0 Å². The molecule has 0 aliphatic rings. The van der Waals surface area contributed by atoms with Gasteiger partial charge in [-0.15, -0.1) is 0 Å². The van der Waals surface area contributed by atoms with Gasteiger partial charge in [0.15, 0.2) is 0 Å². The SMILES string of the molecule is CCCNCc1ccccc1S(=O)(=O)N(C)CC. The van der Waals surface area contributed by atoms with Crippen LogP contribution in [0.25, 0.3) is 0 Å². The van der Waals surface area contributed by atoms with Crippen molar-refractivity contribution in [2.45, 2.75) is 31.7 Å². The smallest absolute Gasteiger partial charge is 0.243 e. The van der Waals surface area contributed by atoms with Crippen LogP contribution >= 0.6 is 0 Å². The minimum absolute atomic E-state index is 0.401. The second-order valence-corrected chi connectivity index (χ2v) is 6.22. The molecule has 0 saturated carbocycles. The zero-order valence-corrected chi connectivity index (χ0v) is 12.1. The lowest BCUT2D eigenvalue weighted by Crippen LogP contribution is -2.28. The molecule has 0 fully saturated rings. The first-order chi connectivity index (χ1) is 8.54. The molecule has 0 atom stereocenters. The third-order valence-corrected chi connectivity index (χ3v) is 4.88. The van der Waals surface area contributed by atoms with Gasteiger partial charge in [-0.25, -0.2) is 12.7 Å². The minimum atomic E-state index is -3.36. The van der Waals surface area contributed by atoms with Gasteiger partial charge in [-0.05, 0) is 24.6 Å². The zero-order valence-electron chi connectivity index (χ0n) is 11.3. The number of sulfonamides is 1. The number of nitrogens with zero attached hydrogens (tertiary/aromatic N) is 1. The lowest BCUT2D eigenvalue weighted by atomic mass is 10.2. The summed E-state index contributed by atoms with van der Waals surface area (Å²) in [7, 11) is -1.76. The van der Waals surface area contributed by atoms with Gasteiger partial charge in [0.05, 0.1) is 4.90 Å². The minimum Gasteiger partial charge on any atom is -0.313 e. The van der Waals surface area contributed by atoms with Crippen LogP contribution in [0, 0.1) is 0 Å². The van der Waals surface area contributed by atoms with E-state index in [-0.39, 0.29) is 0 Å². The van der Waals surface area contributed by atoms with Crippen LogP contribution in [0.5, 0.6) is 0 Å². The molecule has 0 aromatic heterocycles. The molecule has 1 aromatic carbocycles. The molecule has 5 heteroatoms. The van der Waals surface area contributed by atoms with E-state index >= 15 is 0 Å². The van der Waals surface area contributed by atoms with E-state index in [1.54, 1.807) is 19.2 Å². The normalized spacial score (nSPS) is 12.0. The summed E-state index contributed by atoms with van der Waals surface area (Å²) in [5.74, 6) is 0. The highest BCUT2D eigenvalue weighted by molar-refractivity contribution is 7.89. The summed E-state index contributed by atoms with van der Waals surface area (Å²) >= 11 is 0. The summed E-state index contributed by atoms with van der Waals surface area (Å²) in [5, 5.41) is 3.24. The Morgan fingerprint density at radius 1 is 1.22 bits per heavy atom. The van der Waals surface area contributed by atoms with E-state index in [1.807, 2.05) is 19.1 Å². The van der Waals surface area contributed by atoms with Crippen molar-refractivity contribution < 1.29 is 8.42 Å². The molecule has 0 unspecified atom stereocenters. The fourth-order valence-electron chi connectivity index (χ4n) is 1.64. The van der Waals surface area contributed by atoms with Gasteiger partial charge in [-0.1, -0.05) is 32.0 Å². The van der Waals surface area contributed by atoms with E-state index in [9.17, 15) is 8.42 Å². The third kappa shape index (κ3) is 3.54. The maximum atomic E-state index is 12.3. The fourth-order valence-corrected chi connectivity index (χ4v) is 3.04. The molecule has 0 bridgehead atoms. The highest BCUT2D eigenvalue weighted by atomic mass is 32.2. The van der Waals surface area contributed by atoms with Crippen LogP contribution in [0.3, 0.4) is 0 Å². The predicted molar refractivity (Wildman–Crippen MR) is 73.9 cm³/mol. The summed E-state index contributed by atoms with van der Waals surface area (Å²) in [6.45, 7) is 5.86. The quantitative estimate of drug-likeness (QED) is 0.769. The van der Waals surface area contributed by atoms with Crippen LogP contribution in [-0.4, -0.2) is 32.9 Å². The Bertz CT molecular complexity index is 472. The van der Waals surface area contributed by atoms with Crippen molar-refractivity contribution >= 4 is 10.0 Å². The maximum absolute atomic E-state index is 12.3. The topological polar surface area (TPSA) is 49.4 Å². The summed E-state index contributed by atoms with van der Waals surface area (Å²) in [6.07, 6.45) is 1.03. The van der Waals surface area contributed by atoms with Gasteiger partial charge < -0.3 is 5.32 Å². The van der Waals surface area contributed by atoms with Gasteiger partial charge in [0.1, 0.15) is 0 Å². The Balaban J connectivity index is 3.01. The average Bonchev–Trinajstić information content (AvgIpc) is 2.38. The van der Waals surface area contributed by atoms with Gasteiger partial charge in [0.25, 0.3) is 0 Å². The molecule has 1 rings (SSSR count).